The van der Waals surface area contributed by atoms with Crippen molar-refractivity contribution in [1.82, 2.24) is 15.1 Å². The van der Waals surface area contributed by atoms with Crippen molar-refractivity contribution < 1.29 is 9.21 Å². The van der Waals surface area contributed by atoms with Gasteiger partial charge in [0.05, 0.1) is 19.0 Å². The van der Waals surface area contributed by atoms with E-state index >= 15 is 0 Å². The Kier molecular flexibility index (Phi) is 6.12. The minimum atomic E-state index is -0.213. The fraction of sp³-hybridized carbons (Fsp3) is 0.130. The highest BCUT2D eigenvalue weighted by Gasteiger charge is 2.15. The average Bonchev–Trinajstić information content (AvgIpc) is 3.41. The van der Waals surface area contributed by atoms with Crippen LogP contribution >= 0.6 is 11.8 Å². The normalized spacial score (nSPS) is 10.8. The summed E-state index contributed by atoms with van der Waals surface area (Å²) in [6, 6.07) is 22.1. The second-order valence-corrected chi connectivity index (χ2v) is 7.64. The molecule has 2 aromatic carbocycles. The molecule has 0 aliphatic rings. The summed E-state index contributed by atoms with van der Waals surface area (Å²) in [5.74, 6) is 0.831. The van der Waals surface area contributed by atoms with Crippen molar-refractivity contribution in [3.8, 4) is 0 Å². The molecule has 0 saturated carbocycles. The molecule has 0 aliphatic heterocycles. The van der Waals surface area contributed by atoms with Gasteiger partial charge in [-0.15, -0.1) is 11.8 Å². The molecule has 0 radical (unpaired) electrons. The zero-order valence-electron chi connectivity index (χ0n) is 15.8. The van der Waals surface area contributed by atoms with Crippen molar-refractivity contribution in [3.05, 3.63) is 108 Å². The lowest BCUT2D eigenvalue weighted by atomic mass is 10.2. The van der Waals surface area contributed by atoms with Gasteiger partial charge in [-0.2, -0.15) is 5.10 Å². The lowest BCUT2D eigenvalue weighted by molar-refractivity contribution is 0.0922. The molecule has 1 N–H and O–H groups in total. The van der Waals surface area contributed by atoms with E-state index in [4.69, 9.17) is 4.42 Å². The number of carbonyl (C=O) groups is 1. The Morgan fingerprint density at radius 3 is 2.55 bits per heavy atom. The van der Waals surface area contributed by atoms with Crippen LogP contribution in [0.1, 0.15) is 27.2 Å². The second-order valence-electron chi connectivity index (χ2n) is 6.59. The number of benzene rings is 2. The first-order chi connectivity index (χ1) is 14.3. The van der Waals surface area contributed by atoms with Gasteiger partial charge in [0.1, 0.15) is 0 Å². The monoisotopic (exact) mass is 403 g/mol. The Bertz CT molecular complexity index is 1060. The van der Waals surface area contributed by atoms with E-state index in [-0.39, 0.29) is 5.91 Å². The van der Waals surface area contributed by atoms with Gasteiger partial charge in [-0.3, -0.25) is 9.48 Å². The van der Waals surface area contributed by atoms with Gasteiger partial charge in [0.25, 0.3) is 5.91 Å². The summed E-state index contributed by atoms with van der Waals surface area (Å²) in [5.41, 5.74) is 3.01. The SMILES string of the molecule is O=C(NCc1cnn(Cc2ccccc2)c1)c1occc1CSc1ccccc1. The lowest BCUT2D eigenvalue weighted by Crippen LogP contribution is -2.23. The van der Waals surface area contributed by atoms with Crippen LogP contribution in [0.2, 0.25) is 0 Å². The number of rotatable bonds is 8. The van der Waals surface area contributed by atoms with E-state index < -0.39 is 0 Å². The molecule has 29 heavy (non-hydrogen) atoms. The van der Waals surface area contributed by atoms with Gasteiger partial charge < -0.3 is 9.73 Å². The number of aromatic nitrogens is 2. The summed E-state index contributed by atoms with van der Waals surface area (Å²) in [6.45, 7) is 1.10. The standard InChI is InChI=1S/C23H21N3O2S/c27-23(22-20(11-12-28-22)17-29-21-9-5-2-6-10-21)24-13-19-14-25-26(16-19)15-18-7-3-1-4-8-18/h1-12,14,16H,13,15,17H2,(H,24,27). The summed E-state index contributed by atoms with van der Waals surface area (Å²) in [6.07, 6.45) is 5.28. The van der Waals surface area contributed by atoms with E-state index in [0.717, 1.165) is 16.0 Å². The average molecular weight is 404 g/mol. The Morgan fingerprint density at radius 1 is 1.00 bits per heavy atom. The first-order valence-electron chi connectivity index (χ1n) is 9.35. The molecule has 6 heteroatoms. The predicted octanol–water partition coefficient (Wildman–Crippen LogP) is 4.75. The Morgan fingerprint density at radius 2 is 1.76 bits per heavy atom. The van der Waals surface area contributed by atoms with Gasteiger partial charge in [0.2, 0.25) is 0 Å². The summed E-state index contributed by atoms with van der Waals surface area (Å²) in [4.78, 5) is 13.7. The third-order valence-electron chi connectivity index (χ3n) is 4.42. The number of carbonyl (C=O) groups excluding carboxylic acids is 1. The molecular weight excluding hydrogens is 382 g/mol. The lowest BCUT2D eigenvalue weighted by Gasteiger charge is -2.05. The maximum Gasteiger partial charge on any atom is 0.287 e. The Labute approximate surface area is 173 Å². The molecule has 0 fully saturated rings. The van der Waals surface area contributed by atoms with Crippen LogP contribution in [0, 0.1) is 0 Å². The van der Waals surface area contributed by atoms with Crippen LogP contribution in [0.5, 0.6) is 0 Å². The number of thioether (sulfide) groups is 1. The molecule has 5 nitrogen and oxygen atoms in total. The molecule has 0 unspecified atom stereocenters. The number of nitrogens with zero attached hydrogens (tertiary/aromatic N) is 2. The third-order valence-corrected chi connectivity index (χ3v) is 5.48. The van der Waals surface area contributed by atoms with Gasteiger partial charge in [-0.05, 0) is 23.8 Å². The van der Waals surface area contributed by atoms with Gasteiger partial charge in [-0.25, -0.2) is 0 Å². The van der Waals surface area contributed by atoms with E-state index in [1.165, 1.54) is 5.56 Å². The summed E-state index contributed by atoms with van der Waals surface area (Å²) in [5, 5.41) is 7.29. The van der Waals surface area contributed by atoms with Crippen molar-refractivity contribution in [2.45, 2.75) is 23.7 Å². The van der Waals surface area contributed by atoms with Crippen LogP contribution in [0.3, 0.4) is 0 Å². The molecule has 0 bridgehead atoms. The first kappa shape index (κ1) is 19.1. The molecule has 1 amide bonds. The van der Waals surface area contributed by atoms with Crippen molar-refractivity contribution in [2.24, 2.45) is 0 Å². The fourth-order valence-electron chi connectivity index (χ4n) is 2.94. The zero-order chi connectivity index (χ0) is 19.9. The van der Waals surface area contributed by atoms with Crippen LogP contribution in [-0.2, 0) is 18.8 Å². The minimum Gasteiger partial charge on any atom is -0.459 e. The van der Waals surface area contributed by atoms with Gasteiger partial charge in [-0.1, -0.05) is 48.5 Å². The van der Waals surface area contributed by atoms with Crippen LogP contribution in [0.25, 0.3) is 0 Å². The van der Waals surface area contributed by atoms with Crippen molar-refractivity contribution in [1.29, 1.82) is 0 Å². The summed E-state index contributed by atoms with van der Waals surface area (Å²) < 4.78 is 7.31. The molecule has 0 aliphatic carbocycles. The smallest absolute Gasteiger partial charge is 0.287 e. The Hall–Kier alpha value is -3.25. The third kappa shape index (κ3) is 5.18. The summed E-state index contributed by atoms with van der Waals surface area (Å²) >= 11 is 1.68. The van der Waals surface area contributed by atoms with Crippen molar-refractivity contribution in [3.63, 3.8) is 0 Å². The fourth-order valence-corrected chi connectivity index (χ4v) is 3.84. The van der Waals surface area contributed by atoms with E-state index in [0.29, 0.717) is 24.6 Å². The first-order valence-corrected chi connectivity index (χ1v) is 10.3. The molecule has 4 rings (SSSR count). The number of hydrogen-bond acceptors (Lipinski definition) is 4. The van der Waals surface area contributed by atoms with Crippen LogP contribution in [-0.4, -0.2) is 15.7 Å². The Balaban J connectivity index is 1.32. The summed E-state index contributed by atoms with van der Waals surface area (Å²) in [7, 11) is 0. The van der Waals surface area contributed by atoms with Gasteiger partial charge in [0, 0.05) is 34.5 Å². The van der Waals surface area contributed by atoms with Gasteiger partial charge >= 0.3 is 0 Å². The highest BCUT2D eigenvalue weighted by atomic mass is 32.2. The highest BCUT2D eigenvalue weighted by Crippen LogP contribution is 2.24. The van der Waals surface area contributed by atoms with Gasteiger partial charge in [0.15, 0.2) is 5.76 Å². The van der Waals surface area contributed by atoms with Crippen LogP contribution in [0.4, 0.5) is 0 Å². The van der Waals surface area contributed by atoms with E-state index in [9.17, 15) is 4.79 Å². The molecule has 2 heterocycles. The molecule has 0 spiro atoms. The molecule has 0 atom stereocenters. The second kappa shape index (κ2) is 9.30. The highest BCUT2D eigenvalue weighted by molar-refractivity contribution is 7.98. The van der Waals surface area contributed by atoms with E-state index in [2.05, 4.69) is 34.7 Å². The van der Waals surface area contributed by atoms with E-state index in [1.54, 1.807) is 24.2 Å². The largest absolute Gasteiger partial charge is 0.459 e. The number of amides is 1. The number of nitrogens with one attached hydrogen (secondary N) is 1. The number of furan rings is 1. The molecular formula is C23H21N3O2S. The zero-order valence-corrected chi connectivity index (χ0v) is 16.6. The molecule has 4 aromatic rings. The minimum absolute atomic E-state index is 0.213. The van der Waals surface area contributed by atoms with Crippen LogP contribution < -0.4 is 5.32 Å². The predicted molar refractivity (Wildman–Crippen MR) is 114 cm³/mol. The van der Waals surface area contributed by atoms with Crippen molar-refractivity contribution in [2.75, 3.05) is 0 Å². The number of hydrogen-bond donors (Lipinski definition) is 1. The quantitative estimate of drug-likeness (QED) is 0.432. The van der Waals surface area contributed by atoms with E-state index in [1.807, 2.05) is 53.3 Å². The molecule has 146 valence electrons. The maximum absolute atomic E-state index is 12.6. The maximum atomic E-state index is 12.6. The van der Waals surface area contributed by atoms with Crippen molar-refractivity contribution >= 4 is 17.7 Å². The molecule has 0 saturated heterocycles. The topological polar surface area (TPSA) is 60.1 Å². The van der Waals surface area contributed by atoms with Crippen LogP contribution in [0.15, 0.2) is 94.7 Å². The molecule has 2 aromatic heterocycles.